The van der Waals surface area contributed by atoms with Gasteiger partial charge in [0, 0.05) is 4.88 Å². The molecule has 3 heteroatoms. The minimum absolute atomic E-state index is 0.143. The van der Waals surface area contributed by atoms with Gasteiger partial charge in [0.25, 0.3) is 0 Å². The van der Waals surface area contributed by atoms with E-state index in [1.807, 2.05) is 18.2 Å². The molecule has 90 valence electrons. The Morgan fingerprint density at radius 1 is 1.35 bits per heavy atom. The molecule has 0 radical (unpaired) electrons. The Morgan fingerprint density at radius 2 is 2.18 bits per heavy atom. The lowest BCUT2D eigenvalue weighted by Crippen LogP contribution is -2.21. The van der Waals surface area contributed by atoms with E-state index in [4.69, 9.17) is 0 Å². The first-order chi connectivity index (χ1) is 8.22. The summed E-state index contributed by atoms with van der Waals surface area (Å²) < 4.78 is 13.3. The van der Waals surface area contributed by atoms with Gasteiger partial charge >= 0.3 is 0 Å². The summed E-state index contributed by atoms with van der Waals surface area (Å²) >= 11 is 1.72. The zero-order valence-corrected chi connectivity index (χ0v) is 10.9. The van der Waals surface area contributed by atoms with E-state index in [1.54, 1.807) is 24.3 Å². The number of aryl methyl sites for hydroxylation is 1. The average molecular weight is 249 g/mol. The van der Waals surface area contributed by atoms with Crippen LogP contribution in [0, 0.1) is 12.7 Å². The Labute approximate surface area is 105 Å². The third kappa shape index (κ3) is 2.73. The molecule has 1 aromatic heterocycles. The monoisotopic (exact) mass is 249 g/mol. The smallest absolute Gasteiger partial charge is 0.126 e. The highest BCUT2D eigenvalue weighted by atomic mass is 32.1. The normalized spacial score (nSPS) is 12.6. The third-order valence-corrected chi connectivity index (χ3v) is 3.69. The summed E-state index contributed by atoms with van der Waals surface area (Å²) in [4.78, 5) is 1.26. The quantitative estimate of drug-likeness (QED) is 0.866. The van der Waals surface area contributed by atoms with E-state index in [9.17, 15) is 4.39 Å². The number of thiophene rings is 1. The van der Waals surface area contributed by atoms with Gasteiger partial charge in [-0.1, -0.05) is 25.1 Å². The molecular weight excluding hydrogens is 233 g/mol. The van der Waals surface area contributed by atoms with Gasteiger partial charge in [-0.3, -0.25) is 0 Å². The van der Waals surface area contributed by atoms with Crippen LogP contribution < -0.4 is 5.32 Å². The zero-order chi connectivity index (χ0) is 12.3. The first-order valence-corrected chi connectivity index (χ1v) is 6.63. The lowest BCUT2D eigenvalue weighted by atomic mass is 10.0. The van der Waals surface area contributed by atoms with Crippen molar-refractivity contribution in [2.75, 3.05) is 6.54 Å². The molecule has 0 amide bonds. The van der Waals surface area contributed by atoms with E-state index in [0.29, 0.717) is 5.56 Å². The Kier molecular flexibility index (Phi) is 3.92. The van der Waals surface area contributed by atoms with Crippen LogP contribution in [0.1, 0.15) is 29.0 Å². The van der Waals surface area contributed by atoms with Crippen molar-refractivity contribution < 1.29 is 4.39 Å². The molecule has 0 spiro atoms. The molecule has 0 saturated heterocycles. The molecular formula is C14H16FNS. The fraction of sp³-hybridized carbons (Fsp3) is 0.286. The minimum Gasteiger partial charge on any atom is -0.306 e. The summed E-state index contributed by atoms with van der Waals surface area (Å²) in [5.74, 6) is -0.143. The van der Waals surface area contributed by atoms with Gasteiger partial charge < -0.3 is 5.32 Å². The summed E-state index contributed by atoms with van der Waals surface area (Å²) in [6, 6.07) is 9.64. The maximum absolute atomic E-state index is 13.3. The Morgan fingerprint density at radius 3 is 2.76 bits per heavy atom. The maximum Gasteiger partial charge on any atom is 0.126 e. The summed E-state index contributed by atoms with van der Waals surface area (Å²) in [6.07, 6.45) is 0. The second kappa shape index (κ2) is 5.43. The molecule has 1 heterocycles. The Balaban J connectivity index is 2.35. The van der Waals surface area contributed by atoms with Crippen LogP contribution in [0.3, 0.4) is 0 Å². The van der Waals surface area contributed by atoms with E-state index >= 15 is 0 Å². The predicted molar refractivity (Wildman–Crippen MR) is 71.0 cm³/mol. The second-order valence-corrected chi connectivity index (χ2v) is 4.99. The molecule has 2 aromatic rings. The molecule has 2 rings (SSSR count). The van der Waals surface area contributed by atoms with Crippen LogP contribution in [0.25, 0.3) is 0 Å². The number of benzene rings is 1. The van der Waals surface area contributed by atoms with Crippen molar-refractivity contribution in [1.29, 1.82) is 0 Å². The molecule has 1 aromatic carbocycles. The molecule has 0 aliphatic carbocycles. The number of hydrogen-bond acceptors (Lipinski definition) is 2. The van der Waals surface area contributed by atoms with Gasteiger partial charge in [0.2, 0.25) is 0 Å². The number of hydrogen-bond donors (Lipinski definition) is 1. The minimum atomic E-state index is -0.143. The summed E-state index contributed by atoms with van der Waals surface area (Å²) in [5.41, 5.74) is 1.81. The highest BCUT2D eigenvalue weighted by molar-refractivity contribution is 7.10. The van der Waals surface area contributed by atoms with Crippen LogP contribution in [0.15, 0.2) is 35.7 Å². The van der Waals surface area contributed by atoms with Crippen molar-refractivity contribution in [1.82, 2.24) is 5.32 Å². The molecule has 0 fully saturated rings. The van der Waals surface area contributed by atoms with Gasteiger partial charge in [0.15, 0.2) is 0 Å². The van der Waals surface area contributed by atoms with E-state index < -0.39 is 0 Å². The first-order valence-electron chi connectivity index (χ1n) is 5.75. The Hall–Kier alpha value is -1.19. The van der Waals surface area contributed by atoms with Crippen LogP contribution in [-0.4, -0.2) is 6.54 Å². The van der Waals surface area contributed by atoms with Gasteiger partial charge in [-0.25, -0.2) is 4.39 Å². The van der Waals surface area contributed by atoms with Crippen molar-refractivity contribution in [3.8, 4) is 0 Å². The first kappa shape index (κ1) is 12.3. The molecule has 1 N–H and O–H groups in total. The Bertz CT molecular complexity index is 479. The molecule has 0 saturated carbocycles. The standard InChI is InChI=1S/C14H16FNS/c1-3-16-14(13-5-4-8-17-13)11-6-7-12(15)10(2)9-11/h4-9,14,16H,3H2,1-2H3. The largest absolute Gasteiger partial charge is 0.306 e. The molecule has 17 heavy (non-hydrogen) atoms. The molecule has 0 bridgehead atoms. The van der Waals surface area contributed by atoms with Gasteiger partial charge in [-0.15, -0.1) is 11.3 Å². The van der Waals surface area contributed by atoms with E-state index in [0.717, 1.165) is 12.1 Å². The topological polar surface area (TPSA) is 12.0 Å². The van der Waals surface area contributed by atoms with Crippen molar-refractivity contribution in [2.24, 2.45) is 0 Å². The number of halogens is 1. The predicted octanol–water partition coefficient (Wildman–Crippen LogP) is 3.89. The highest BCUT2D eigenvalue weighted by Crippen LogP contribution is 2.27. The van der Waals surface area contributed by atoms with E-state index in [2.05, 4.69) is 23.7 Å². The van der Waals surface area contributed by atoms with Crippen LogP contribution in [0.5, 0.6) is 0 Å². The number of rotatable bonds is 4. The van der Waals surface area contributed by atoms with Crippen LogP contribution in [0.2, 0.25) is 0 Å². The SMILES string of the molecule is CCNC(c1ccc(F)c(C)c1)c1cccs1. The van der Waals surface area contributed by atoms with Crippen molar-refractivity contribution in [3.63, 3.8) is 0 Å². The molecule has 0 aliphatic rings. The molecule has 1 atom stereocenters. The number of nitrogens with one attached hydrogen (secondary N) is 1. The third-order valence-electron chi connectivity index (χ3n) is 2.75. The van der Waals surface area contributed by atoms with Crippen molar-refractivity contribution in [2.45, 2.75) is 19.9 Å². The van der Waals surface area contributed by atoms with Gasteiger partial charge in [-0.2, -0.15) is 0 Å². The molecule has 1 unspecified atom stereocenters. The van der Waals surface area contributed by atoms with Crippen LogP contribution in [0.4, 0.5) is 4.39 Å². The second-order valence-electron chi connectivity index (χ2n) is 4.01. The molecule has 0 aliphatic heterocycles. The molecule has 1 nitrogen and oxygen atoms in total. The van der Waals surface area contributed by atoms with Gasteiger partial charge in [0.1, 0.15) is 5.82 Å². The summed E-state index contributed by atoms with van der Waals surface area (Å²) in [7, 11) is 0. The van der Waals surface area contributed by atoms with E-state index in [1.165, 1.54) is 4.88 Å². The van der Waals surface area contributed by atoms with Crippen LogP contribution >= 0.6 is 11.3 Å². The van der Waals surface area contributed by atoms with E-state index in [-0.39, 0.29) is 11.9 Å². The fourth-order valence-corrected chi connectivity index (χ4v) is 2.72. The average Bonchev–Trinajstić information content (AvgIpc) is 2.83. The summed E-state index contributed by atoms with van der Waals surface area (Å²) in [6.45, 7) is 4.77. The van der Waals surface area contributed by atoms with Crippen LogP contribution in [-0.2, 0) is 0 Å². The summed E-state index contributed by atoms with van der Waals surface area (Å²) in [5, 5.41) is 5.50. The fourth-order valence-electron chi connectivity index (χ4n) is 1.89. The highest BCUT2D eigenvalue weighted by Gasteiger charge is 2.14. The zero-order valence-electron chi connectivity index (χ0n) is 10.0. The lowest BCUT2D eigenvalue weighted by molar-refractivity contribution is 0.609. The van der Waals surface area contributed by atoms with Crippen molar-refractivity contribution >= 4 is 11.3 Å². The van der Waals surface area contributed by atoms with Crippen molar-refractivity contribution in [3.05, 3.63) is 57.5 Å². The van der Waals surface area contributed by atoms with Gasteiger partial charge in [-0.05, 0) is 42.1 Å². The lowest BCUT2D eigenvalue weighted by Gasteiger charge is -2.17. The van der Waals surface area contributed by atoms with Gasteiger partial charge in [0.05, 0.1) is 6.04 Å². The maximum atomic E-state index is 13.3.